The Bertz CT molecular complexity index is 640. The van der Waals surface area contributed by atoms with Crippen LogP contribution in [-0.2, 0) is 5.60 Å². The Kier molecular flexibility index (Phi) is 3.95. The summed E-state index contributed by atoms with van der Waals surface area (Å²) in [5.74, 6) is -0.196. The van der Waals surface area contributed by atoms with E-state index < -0.39 is 11.4 Å². The largest absolute Gasteiger partial charge is 0.481 e. The summed E-state index contributed by atoms with van der Waals surface area (Å²) in [5, 5.41) is 10.7. The minimum absolute atomic E-state index is 0.00370. The molecule has 1 heterocycles. The molecule has 1 atom stereocenters. The number of nitrogens with two attached hydrogens (primary N) is 1. The number of ether oxygens (including phenoxy) is 2. The number of halogens is 1. The van der Waals surface area contributed by atoms with E-state index in [2.05, 4.69) is 9.97 Å². The van der Waals surface area contributed by atoms with E-state index in [4.69, 9.17) is 15.2 Å². The molecule has 2 aromatic rings. The number of para-hydroxylation sites is 1. The lowest BCUT2D eigenvalue weighted by Gasteiger charge is -2.24. The van der Waals surface area contributed by atoms with Crippen LogP contribution in [0.2, 0.25) is 0 Å². The van der Waals surface area contributed by atoms with Gasteiger partial charge in [0.15, 0.2) is 5.82 Å². The Balaban J connectivity index is 2.60. The summed E-state index contributed by atoms with van der Waals surface area (Å²) in [7, 11) is 2.85. The van der Waals surface area contributed by atoms with Crippen LogP contribution in [0.4, 0.5) is 10.1 Å². The van der Waals surface area contributed by atoms with Crippen LogP contribution in [0.5, 0.6) is 11.8 Å². The van der Waals surface area contributed by atoms with Crippen molar-refractivity contribution in [3.63, 3.8) is 0 Å². The van der Waals surface area contributed by atoms with Gasteiger partial charge in [0, 0.05) is 5.56 Å². The second kappa shape index (κ2) is 5.53. The normalized spacial score (nSPS) is 13.6. The molecule has 7 heteroatoms. The van der Waals surface area contributed by atoms with Crippen molar-refractivity contribution in [1.82, 2.24) is 9.97 Å². The van der Waals surface area contributed by atoms with Crippen molar-refractivity contribution in [2.45, 2.75) is 12.5 Å². The number of aliphatic hydroxyl groups is 1. The predicted octanol–water partition coefficient (Wildman–Crippen LogP) is 1.47. The minimum Gasteiger partial charge on any atom is -0.481 e. The molecule has 0 saturated heterocycles. The van der Waals surface area contributed by atoms with Crippen molar-refractivity contribution in [3.8, 4) is 11.8 Å². The van der Waals surface area contributed by atoms with Gasteiger partial charge < -0.3 is 20.3 Å². The first-order valence-electron chi connectivity index (χ1n) is 6.14. The van der Waals surface area contributed by atoms with Crippen LogP contribution in [-0.4, -0.2) is 29.3 Å². The minimum atomic E-state index is -1.70. The van der Waals surface area contributed by atoms with E-state index in [0.717, 1.165) is 0 Å². The number of nitrogen functional groups attached to an aromatic ring is 1. The van der Waals surface area contributed by atoms with Crippen molar-refractivity contribution < 1.29 is 19.0 Å². The maximum absolute atomic E-state index is 13.6. The molecule has 0 spiro atoms. The number of hydrogen-bond donors (Lipinski definition) is 2. The molecular weight excluding hydrogens is 277 g/mol. The Morgan fingerprint density at radius 3 is 2.29 bits per heavy atom. The highest BCUT2D eigenvalue weighted by atomic mass is 19.1. The van der Waals surface area contributed by atoms with Gasteiger partial charge >= 0.3 is 0 Å². The summed E-state index contributed by atoms with van der Waals surface area (Å²) in [5.41, 5.74) is 4.00. The van der Waals surface area contributed by atoms with Crippen LogP contribution in [0.3, 0.4) is 0 Å². The van der Waals surface area contributed by atoms with Crippen LogP contribution in [0.15, 0.2) is 24.3 Å². The molecule has 21 heavy (non-hydrogen) atoms. The molecule has 0 fully saturated rings. The maximum atomic E-state index is 13.6. The summed E-state index contributed by atoms with van der Waals surface area (Å²) < 4.78 is 23.7. The van der Waals surface area contributed by atoms with Gasteiger partial charge in [0.25, 0.3) is 0 Å². The molecule has 2 rings (SSSR count). The lowest BCUT2D eigenvalue weighted by atomic mass is 9.93. The molecule has 0 aliphatic carbocycles. The van der Waals surface area contributed by atoms with E-state index in [1.165, 1.54) is 45.4 Å². The van der Waals surface area contributed by atoms with Gasteiger partial charge in [-0.15, -0.1) is 0 Å². The van der Waals surface area contributed by atoms with Crippen LogP contribution < -0.4 is 15.2 Å². The number of benzene rings is 1. The van der Waals surface area contributed by atoms with E-state index in [-0.39, 0.29) is 28.8 Å². The van der Waals surface area contributed by atoms with E-state index in [1.807, 2.05) is 0 Å². The van der Waals surface area contributed by atoms with Gasteiger partial charge in [-0.1, -0.05) is 12.1 Å². The Labute approximate surface area is 121 Å². The molecule has 0 bridgehead atoms. The zero-order chi connectivity index (χ0) is 15.6. The van der Waals surface area contributed by atoms with Crippen molar-refractivity contribution in [2.24, 2.45) is 0 Å². The number of anilines is 1. The standard InChI is InChI=1S/C14H16FN3O3/c1-14(19,8-5-4-6-9(15)12(8)16)13-17-10(20-2)7-11(18-13)21-3/h4-7,19H,16H2,1-3H3. The Morgan fingerprint density at radius 2 is 1.76 bits per heavy atom. The van der Waals surface area contributed by atoms with Gasteiger partial charge in [0.05, 0.1) is 26.0 Å². The first-order chi connectivity index (χ1) is 9.90. The van der Waals surface area contributed by atoms with Crippen molar-refractivity contribution in [2.75, 3.05) is 20.0 Å². The fraction of sp³-hybridized carbons (Fsp3) is 0.286. The summed E-state index contributed by atoms with van der Waals surface area (Å²) in [6.07, 6.45) is 0. The highest BCUT2D eigenvalue weighted by molar-refractivity contribution is 5.52. The number of nitrogens with zero attached hydrogens (tertiary/aromatic N) is 2. The highest BCUT2D eigenvalue weighted by Gasteiger charge is 2.33. The molecule has 0 saturated carbocycles. The van der Waals surface area contributed by atoms with Crippen LogP contribution in [0.25, 0.3) is 0 Å². The zero-order valence-corrected chi connectivity index (χ0v) is 11.9. The van der Waals surface area contributed by atoms with Crippen LogP contribution in [0.1, 0.15) is 18.3 Å². The third-order valence-corrected chi connectivity index (χ3v) is 3.11. The van der Waals surface area contributed by atoms with Gasteiger partial charge in [0.2, 0.25) is 11.8 Å². The lowest BCUT2D eigenvalue weighted by molar-refractivity contribution is 0.0908. The predicted molar refractivity (Wildman–Crippen MR) is 74.6 cm³/mol. The van der Waals surface area contributed by atoms with Gasteiger partial charge in [-0.2, -0.15) is 9.97 Å². The average Bonchev–Trinajstić information content (AvgIpc) is 2.49. The van der Waals surface area contributed by atoms with E-state index in [0.29, 0.717) is 0 Å². The Morgan fingerprint density at radius 1 is 1.19 bits per heavy atom. The molecule has 0 radical (unpaired) electrons. The molecule has 0 aliphatic rings. The fourth-order valence-corrected chi connectivity index (χ4v) is 1.91. The smallest absolute Gasteiger partial charge is 0.220 e. The molecule has 0 aliphatic heterocycles. The number of methoxy groups -OCH3 is 2. The van der Waals surface area contributed by atoms with E-state index >= 15 is 0 Å². The van der Waals surface area contributed by atoms with Crippen molar-refractivity contribution in [3.05, 3.63) is 41.5 Å². The third-order valence-electron chi connectivity index (χ3n) is 3.11. The first-order valence-corrected chi connectivity index (χ1v) is 6.14. The van der Waals surface area contributed by atoms with Gasteiger partial charge in [-0.25, -0.2) is 4.39 Å². The van der Waals surface area contributed by atoms with Crippen LogP contribution >= 0.6 is 0 Å². The number of rotatable bonds is 4. The van der Waals surface area contributed by atoms with Gasteiger partial charge in [-0.3, -0.25) is 0 Å². The second-order valence-electron chi connectivity index (χ2n) is 4.55. The monoisotopic (exact) mass is 293 g/mol. The SMILES string of the molecule is COc1cc(OC)nc(C(C)(O)c2cccc(F)c2N)n1. The first kappa shape index (κ1) is 15.0. The average molecular weight is 293 g/mol. The van der Waals surface area contributed by atoms with E-state index in [9.17, 15) is 9.50 Å². The lowest BCUT2D eigenvalue weighted by Crippen LogP contribution is -2.27. The van der Waals surface area contributed by atoms with Crippen molar-refractivity contribution >= 4 is 5.69 Å². The molecule has 1 aromatic carbocycles. The molecule has 0 amide bonds. The maximum Gasteiger partial charge on any atom is 0.220 e. The molecule has 112 valence electrons. The van der Waals surface area contributed by atoms with Crippen molar-refractivity contribution in [1.29, 1.82) is 0 Å². The van der Waals surface area contributed by atoms with Gasteiger partial charge in [0.1, 0.15) is 11.4 Å². The molecule has 1 unspecified atom stereocenters. The quantitative estimate of drug-likeness (QED) is 0.830. The molecule has 1 aromatic heterocycles. The second-order valence-corrected chi connectivity index (χ2v) is 4.55. The topological polar surface area (TPSA) is 90.5 Å². The summed E-state index contributed by atoms with van der Waals surface area (Å²) in [4.78, 5) is 8.15. The van der Waals surface area contributed by atoms with Crippen LogP contribution in [0, 0.1) is 5.82 Å². The number of aromatic nitrogens is 2. The molecule has 6 nitrogen and oxygen atoms in total. The Hall–Kier alpha value is -2.41. The molecule has 3 N–H and O–H groups in total. The number of hydrogen-bond acceptors (Lipinski definition) is 6. The molecular formula is C14H16FN3O3. The van der Waals surface area contributed by atoms with E-state index in [1.54, 1.807) is 0 Å². The zero-order valence-electron chi connectivity index (χ0n) is 11.9. The third kappa shape index (κ3) is 2.73. The fourth-order valence-electron chi connectivity index (χ4n) is 1.91. The summed E-state index contributed by atoms with van der Waals surface area (Å²) >= 11 is 0. The van der Waals surface area contributed by atoms with Gasteiger partial charge in [-0.05, 0) is 13.0 Å². The highest BCUT2D eigenvalue weighted by Crippen LogP contribution is 2.33. The summed E-state index contributed by atoms with van der Waals surface area (Å²) in [6.45, 7) is 1.42. The summed E-state index contributed by atoms with van der Waals surface area (Å²) in [6, 6.07) is 5.64.